The van der Waals surface area contributed by atoms with Gasteiger partial charge in [0.1, 0.15) is 5.75 Å². The van der Waals surface area contributed by atoms with Crippen molar-refractivity contribution in [2.24, 2.45) is 0 Å². The standard InChI is InChI=1S/C20H32O2/c1-6-9-10-11-12-17(4)20(5,21-8-3)22-19-15-13-18(7-2)14-16-19/h12-16H,6-11H2,1-5H3/b17-12+. The number of unbranched alkanes of at least 4 members (excludes halogenated alkanes) is 3. The molecule has 2 heteroatoms. The van der Waals surface area contributed by atoms with E-state index in [4.69, 9.17) is 9.47 Å². The Balaban J connectivity index is 2.79. The van der Waals surface area contributed by atoms with Gasteiger partial charge in [0.05, 0.1) is 0 Å². The third-order valence-electron chi connectivity index (χ3n) is 4.04. The Morgan fingerprint density at radius 1 is 1.09 bits per heavy atom. The van der Waals surface area contributed by atoms with E-state index in [1.54, 1.807) is 0 Å². The quantitative estimate of drug-likeness (QED) is 0.304. The van der Waals surface area contributed by atoms with Crippen molar-refractivity contribution in [2.75, 3.05) is 6.61 Å². The van der Waals surface area contributed by atoms with Crippen molar-refractivity contribution in [3.8, 4) is 5.75 Å². The van der Waals surface area contributed by atoms with Crippen LogP contribution in [-0.4, -0.2) is 12.4 Å². The molecule has 0 aliphatic rings. The molecule has 124 valence electrons. The molecule has 1 aromatic carbocycles. The fraction of sp³-hybridized carbons (Fsp3) is 0.600. The summed E-state index contributed by atoms with van der Waals surface area (Å²) in [7, 11) is 0. The molecule has 0 saturated heterocycles. The molecule has 1 aromatic rings. The van der Waals surface area contributed by atoms with E-state index in [-0.39, 0.29) is 0 Å². The van der Waals surface area contributed by atoms with Crippen molar-refractivity contribution in [1.82, 2.24) is 0 Å². The molecule has 0 amide bonds. The highest BCUT2D eigenvalue weighted by Gasteiger charge is 2.29. The number of ether oxygens (including phenoxy) is 2. The summed E-state index contributed by atoms with van der Waals surface area (Å²) in [5.41, 5.74) is 2.46. The first kappa shape index (κ1) is 18.8. The number of hydrogen-bond acceptors (Lipinski definition) is 2. The average molecular weight is 304 g/mol. The van der Waals surface area contributed by atoms with Gasteiger partial charge in [-0.25, -0.2) is 0 Å². The highest BCUT2D eigenvalue weighted by atomic mass is 16.7. The van der Waals surface area contributed by atoms with Crippen molar-refractivity contribution >= 4 is 0 Å². The largest absolute Gasteiger partial charge is 0.459 e. The van der Waals surface area contributed by atoms with Crippen molar-refractivity contribution in [3.63, 3.8) is 0 Å². The lowest BCUT2D eigenvalue weighted by atomic mass is 10.1. The lowest BCUT2D eigenvalue weighted by Gasteiger charge is -2.31. The maximum absolute atomic E-state index is 6.17. The molecule has 0 fully saturated rings. The molecule has 1 atom stereocenters. The summed E-state index contributed by atoms with van der Waals surface area (Å²) < 4.78 is 12.1. The van der Waals surface area contributed by atoms with Crippen molar-refractivity contribution in [2.45, 2.75) is 72.5 Å². The second-order valence-electron chi connectivity index (χ2n) is 5.86. The second kappa shape index (κ2) is 9.68. The van der Waals surface area contributed by atoms with Gasteiger partial charge in [0.15, 0.2) is 0 Å². The first-order valence-corrected chi connectivity index (χ1v) is 8.64. The van der Waals surface area contributed by atoms with Crippen LogP contribution in [0.3, 0.4) is 0 Å². The van der Waals surface area contributed by atoms with Gasteiger partial charge in [0.2, 0.25) is 5.79 Å². The zero-order valence-electron chi connectivity index (χ0n) is 14.9. The SMILES string of the molecule is CCCCC/C=C(\C)C(C)(OCC)Oc1ccc(CC)cc1. The Morgan fingerprint density at radius 3 is 2.32 bits per heavy atom. The molecule has 0 heterocycles. The van der Waals surface area contributed by atoms with Gasteiger partial charge in [-0.15, -0.1) is 0 Å². The summed E-state index contributed by atoms with van der Waals surface area (Å²) in [6.07, 6.45) is 8.12. The van der Waals surface area contributed by atoms with Crippen LogP contribution >= 0.6 is 0 Å². The topological polar surface area (TPSA) is 18.5 Å². The number of aryl methyl sites for hydroxylation is 1. The van der Waals surface area contributed by atoms with Crippen molar-refractivity contribution in [1.29, 1.82) is 0 Å². The van der Waals surface area contributed by atoms with Crippen LogP contribution in [0.2, 0.25) is 0 Å². The summed E-state index contributed by atoms with van der Waals surface area (Å²) in [5, 5.41) is 0. The van der Waals surface area contributed by atoms with Crippen LogP contribution in [0, 0.1) is 0 Å². The molecule has 1 rings (SSSR count). The molecule has 0 aromatic heterocycles. The van der Waals surface area contributed by atoms with Crippen LogP contribution in [0.25, 0.3) is 0 Å². The van der Waals surface area contributed by atoms with Crippen molar-refractivity contribution in [3.05, 3.63) is 41.5 Å². The lowest BCUT2D eigenvalue weighted by Crippen LogP contribution is -2.37. The molecule has 1 unspecified atom stereocenters. The van der Waals surface area contributed by atoms with E-state index in [1.165, 1.54) is 24.8 Å². The summed E-state index contributed by atoms with van der Waals surface area (Å²) in [6, 6.07) is 8.28. The van der Waals surface area contributed by atoms with E-state index in [0.29, 0.717) is 6.61 Å². The molecule has 2 nitrogen and oxygen atoms in total. The van der Waals surface area contributed by atoms with Crippen LogP contribution in [0.5, 0.6) is 5.75 Å². The summed E-state index contributed by atoms with van der Waals surface area (Å²) >= 11 is 0. The summed E-state index contributed by atoms with van der Waals surface area (Å²) in [5.74, 6) is 0.170. The zero-order valence-corrected chi connectivity index (χ0v) is 14.9. The fourth-order valence-corrected chi connectivity index (χ4v) is 2.42. The van der Waals surface area contributed by atoms with Crippen LogP contribution in [0.4, 0.5) is 0 Å². The Kier molecular flexibility index (Phi) is 8.26. The molecule has 0 radical (unpaired) electrons. The fourth-order valence-electron chi connectivity index (χ4n) is 2.42. The minimum absolute atomic E-state index is 0.629. The van der Waals surface area contributed by atoms with E-state index < -0.39 is 5.79 Å². The van der Waals surface area contributed by atoms with Gasteiger partial charge in [-0.3, -0.25) is 0 Å². The maximum Gasteiger partial charge on any atom is 0.230 e. The molecule has 0 spiro atoms. The molecular weight excluding hydrogens is 272 g/mol. The number of benzene rings is 1. The molecule has 22 heavy (non-hydrogen) atoms. The van der Waals surface area contributed by atoms with Crippen molar-refractivity contribution < 1.29 is 9.47 Å². The number of hydrogen-bond donors (Lipinski definition) is 0. The Morgan fingerprint density at radius 2 is 1.77 bits per heavy atom. The maximum atomic E-state index is 6.17. The van der Waals surface area contributed by atoms with E-state index in [0.717, 1.165) is 24.2 Å². The van der Waals surface area contributed by atoms with E-state index in [9.17, 15) is 0 Å². The highest BCUT2D eigenvalue weighted by Crippen LogP contribution is 2.27. The van der Waals surface area contributed by atoms with Crippen LogP contribution in [-0.2, 0) is 11.2 Å². The molecule has 0 aliphatic carbocycles. The van der Waals surface area contributed by atoms with Gasteiger partial charge < -0.3 is 9.47 Å². The normalized spacial score (nSPS) is 14.7. The monoisotopic (exact) mass is 304 g/mol. The van der Waals surface area contributed by atoms with E-state index in [1.807, 2.05) is 26.0 Å². The zero-order chi connectivity index (χ0) is 16.4. The first-order valence-electron chi connectivity index (χ1n) is 8.64. The predicted octanol–water partition coefficient (Wildman–Crippen LogP) is 5.91. The van der Waals surface area contributed by atoms with Crippen LogP contribution in [0.1, 0.15) is 65.9 Å². The Labute approximate surface area is 136 Å². The van der Waals surface area contributed by atoms with Gasteiger partial charge in [-0.1, -0.05) is 44.9 Å². The van der Waals surface area contributed by atoms with Crippen LogP contribution < -0.4 is 4.74 Å². The van der Waals surface area contributed by atoms with Gasteiger partial charge in [-0.05, 0) is 56.4 Å². The predicted molar refractivity (Wildman–Crippen MR) is 94.4 cm³/mol. The Bertz CT molecular complexity index is 447. The van der Waals surface area contributed by atoms with Gasteiger partial charge >= 0.3 is 0 Å². The average Bonchev–Trinajstić information content (AvgIpc) is 2.52. The minimum atomic E-state index is -0.686. The van der Waals surface area contributed by atoms with Gasteiger partial charge in [0, 0.05) is 13.5 Å². The second-order valence-corrected chi connectivity index (χ2v) is 5.86. The third kappa shape index (κ3) is 5.84. The molecule has 0 saturated carbocycles. The number of rotatable bonds is 10. The van der Waals surface area contributed by atoms with Crippen LogP contribution in [0.15, 0.2) is 35.9 Å². The minimum Gasteiger partial charge on any atom is -0.459 e. The van der Waals surface area contributed by atoms with Gasteiger partial charge in [-0.2, -0.15) is 0 Å². The lowest BCUT2D eigenvalue weighted by molar-refractivity contribution is -0.138. The summed E-state index contributed by atoms with van der Waals surface area (Å²) in [4.78, 5) is 0. The summed E-state index contributed by atoms with van der Waals surface area (Å²) in [6.45, 7) is 11.1. The van der Waals surface area contributed by atoms with E-state index >= 15 is 0 Å². The molecule has 0 aliphatic heterocycles. The first-order chi connectivity index (χ1) is 10.6. The third-order valence-corrected chi connectivity index (χ3v) is 4.04. The van der Waals surface area contributed by atoms with E-state index in [2.05, 4.69) is 39.0 Å². The molecule has 0 N–H and O–H groups in total. The Hall–Kier alpha value is -1.28. The van der Waals surface area contributed by atoms with Gasteiger partial charge in [0.25, 0.3) is 0 Å². The molecule has 0 bridgehead atoms. The molecular formula is C20H32O2. The highest BCUT2D eigenvalue weighted by molar-refractivity contribution is 5.28. The number of allylic oxidation sites excluding steroid dienone is 1. The smallest absolute Gasteiger partial charge is 0.230 e.